The number of carbonyl (C=O) groups is 1. The Hall–Kier alpha value is -4.24. The maximum absolute atomic E-state index is 16.0. The number of rotatable bonds is 6. The molecule has 0 spiro atoms. The maximum Gasteiger partial charge on any atom is 0.417 e. The minimum atomic E-state index is -4.52. The lowest BCUT2D eigenvalue weighted by molar-refractivity contribution is -0.137. The Bertz CT molecular complexity index is 1870. The molecule has 1 aliphatic rings. The van der Waals surface area contributed by atoms with Crippen LogP contribution in [0, 0.1) is 5.82 Å². The first kappa shape index (κ1) is 32.2. The topological polar surface area (TPSA) is 132 Å². The molecular formula is C30H28F5N5O4S. The third kappa shape index (κ3) is 6.06. The highest BCUT2D eigenvalue weighted by atomic mass is 32.2. The molecule has 2 atom stereocenters. The molecule has 15 heteroatoms. The second kappa shape index (κ2) is 11.0. The van der Waals surface area contributed by atoms with Crippen molar-refractivity contribution in [1.29, 1.82) is 0 Å². The number of anilines is 1. The largest absolute Gasteiger partial charge is 0.419 e. The van der Waals surface area contributed by atoms with E-state index in [1.54, 1.807) is 24.3 Å². The Kier molecular flexibility index (Phi) is 7.85. The molecule has 1 aliphatic heterocycles. The van der Waals surface area contributed by atoms with Gasteiger partial charge >= 0.3 is 6.18 Å². The number of halogens is 5. The number of carbonyl (C=O) groups excluding carboxylic acids is 1. The highest BCUT2D eigenvalue weighted by Gasteiger charge is 2.42. The highest BCUT2D eigenvalue weighted by molar-refractivity contribution is 7.91. The zero-order valence-corrected chi connectivity index (χ0v) is 25.3. The molecule has 0 saturated heterocycles. The van der Waals surface area contributed by atoms with Gasteiger partial charge in [-0.15, -0.1) is 10.2 Å². The third-order valence-corrected chi connectivity index (χ3v) is 9.93. The fourth-order valence-electron chi connectivity index (χ4n) is 4.89. The number of aromatic nitrogens is 3. The van der Waals surface area contributed by atoms with Gasteiger partial charge in [-0.2, -0.15) is 13.2 Å². The molecule has 1 unspecified atom stereocenters. The van der Waals surface area contributed by atoms with E-state index in [0.29, 0.717) is 16.8 Å². The van der Waals surface area contributed by atoms with Gasteiger partial charge in [0.1, 0.15) is 16.2 Å². The standard InChI is InChI=1S/C30H28F5N5O4S/c1-28(2,45(4,42)43)27-39-38-25(44-27)19-11-24-20(12-21(19)31)29(3,32)13-22(36)26(41)40(24)15-16-5-7-17(8-6-16)23-10-9-18(14-37-23)30(33,34)35/h5-12,14,22H,13,15,36H2,1-4H3/t22-,29?/m0/s1. The number of alkyl halides is 4. The van der Waals surface area contributed by atoms with Gasteiger partial charge in [0, 0.05) is 30.0 Å². The molecule has 9 nitrogen and oxygen atoms in total. The number of sulfone groups is 1. The van der Waals surface area contributed by atoms with Crippen molar-refractivity contribution in [3.63, 3.8) is 0 Å². The van der Waals surface area contributed by atoms with Crippen molar-refractivity contribution in [3.05, 3.63) is 83.1 Å². The van der Waals surface area contributed by atoms with Gasteiger partial charge in [-0.3, -0.25) is 9.78 Å². The average Bonchev–Trinajstić information content (AvgIpc) is 3.43. The monoisotopic (exact) mass is 649 g/mol. The molecule has 0 saturated carbocycles. The van der Waals surface area contributed by atoms with E-state index >= 15 is 8.78 Å². The molecule has 4 aromatic rings. The molecule has 0 bridgehead atoms. The summed E-state index contributed by atoms with van der Waals surface area (Å²) in [6.45, 7) is 3.76. The maximum atomic E-state index is 16.0. The number of nitrogens with two attached hydrogens (primary N) is 1. The van der Waals surface area contributed by atoms with Crippen LogP contribution in [0.3, 0.4) is 0 Å². The van der Waals surface area contributed by atoms with Gasteiger partial charge in [0.25, 0.3) is 5.89 Å². The summed E-state index contributed by atoms with van der Waals surface area (Å²) in [5.41, 5.74) is 3.89. The quantitative estimate of drug-likeness (QED) is 0.264. The van der Waals surface area contributed by atoms with Crippen molar-refractivity contribution in [2.45, 2.75) is 56.4 Å². The molecular weight excluding hydrogens is 621 g/mol. The molecule has 0 radical (unpaired) electrons. The van der Waals surface area contributed by atoms with Crippen molar-refractivity contribution < 1.29 is 39.6 Å². The van der Waals surface area contributed by atoms with Gasteiger partial charge in [-0.05, 0) is 50.6 Å². The number of hydrogen-bond acceptors (Lipinski definition) is 8. The fourth-order valence-corrected chi connectivity index (χ4v) is 5.29. The van der Waals surface area contributed by atoms with E-state index in [2.05, 4.69) is 15.2 Å². The van der Waals surface area contributed by atoms with Crippen molar-refractivity contribution in [2.75, 3.05) is 11.2 Å². The van der Waals surface area contributed by atoms with Crippen molar-refractivity contribution in [2.24, 2.45) is 5.73 Å². The first-order chi connectivity index (χ1) is 20.8. The summed E-state index contributed by atoms with van der Waals surface area (Å²) in [5, 5.41) is 7.62. The van der Waals surface area contributed by atoms with Crippen LogP contribution in [0.4, 0.5) is 27.6 Å². The summed E-state index contributed by atoms with van der Waals surface area (Å²) in [6.07, 6.45) is -3.24. The lowest BCUT2D eigenvalue weighted by atomic mass is 9.90. The number of amides is 1. The van der Waals surface area contributed by atoms with Gasteiger partial charge < -0.3 is 15.1 Å². The van der Waals surface area contributed by atoms with E-state index in [9.17, 15) is 26.4 Å². The summed E-state index contributed by atoms with van der Waals surface area (Å²) < 4.78 is 98.7. The van der Waals surface area contributed by atoms with E-state index in [1.165, 1.54) is 37.8 Å². The van der Waals surface area contributed by atoms with Crippen LogP contribution < -0.4 is 10.6 Å². The molecule has 2 aromatic carbocycles. The molecule has 0 aliphatic carbocycles. The third-order valence-electron chi connectivity index (χ3n) is 7.90. The van der Waals surface area contributed by atoms with Crippen LogP contribution in [0.25, 0.3) is 22.7 Å². The minimum Gasteiger partial charge on any atom is -0.419 e. The zero-order valence-electron chi connectivity index (χ0n) is 24.5. The second-order valence-electron chi connectivity index (χ2n) is 11.6. The van der Waals surface area contributed by atoms with Crippen LogP contribution in [-0.4, -0.2) is 41.8 Å². The lowest BCUT2D eigenvalue weighted by Gasteiger charge is -2.26. The van der Waals surface area contributed by atoms with E-state index in [1.807, 2.05) is 0 Å². The summed E-state index contributed by atoms with van der Waals surface area (Å²) in [5.74, 6) is -2.26. The molecule has 238 valence electrons. The van der Waals surface area contributed by atoms with Gasteiger partial charge in [-0.1, -0.05) is 24.3 Å². The summed E-state index contributed by atoms with van der Waals surface area (Å²) in [4.78, 5) is 18.6. The first-order valence-corrected chi connectivity index (χ1v) is 15.4. The summed E-state index contributed by atoms with van der Waals surface area (Å²) in [6, 6.07) is 9.44. The van der Waals surface area contributed by atoms with E-state index < -0.39 is 56.2 Å². The lowest BCUT2D eigenvalue weighted by Crippen LogP contribution is -2.43. The molecule has 5 rings (SSSR count). The second-order valence-corrected chi connectivity index (χ2v) is 14.2. The van der Waals surface area contributed by atoms with E-state index in [-0.39, 0.29) is 35.1 Å². The Morgan fingerprint density at radius 1 is 1.09 bits per heavy atom. The molecule has 1 amide bonds. The van der Waals surface area contributed by atoms with Gasteiger partial charge in [0.05, 0.1) is 35.1 Å². The fraction of sp³-hybridized carbons (Fsp3) is 0.333. The predicted octanol–water partition coefficient (Wildman–Crippen LogP) is 5.69. The molecule has 45 heavy (non-hydrogen) atoms. The Labute approximate surface area is 255 Å². The van der Waals surface area contributed by atoms with Crippen molar-refractivity contribution >= 4 is 21.4 Å². The van der Waals surface area contributed by atoms with Crippen LogP contribution in [-0.2, 0) is 37.8 Å². The van der Waals surface area contributed by atoms with Crippen LogP contribution in [0.2, 0.25) is 0 Å². The van der Waals surface area contributed by atoms with E-state index in [0.717, 1.165) is 24.6 Å². The average molecular weight is 650 g/mol. The van der Waals surface area contributed by atoms with Crippen LogP contribution >= 0.6 is 0 Å². The van der Waals surface area contributed by atoms with E-state index in [4.69, 9.17) is 10.2 Å². The minimum absolute atomic E-state index is 0.00930. The molecule has 0 fully saturated rings. The Morgan fingerprint density at radius 3 is 2.33 bits per heavy atom. The number of nitrogens with zero attached hydrogens (tertiary/aromatic N) is 4. The smallest absolute Gasteiger partial charge is 0.417 e. The van der Waals surface area contributed by atoms with Gasteiger partial charge in [-0.25, -0.2) is 17.2 Å². The Balaban J connectivity index is 1.53. The summed E-state index contributed by atoms with van der Waals surface area (Å²) in [7, 11) is -3.71. The van der Waals surface area contributed by atoms with Crippen LogP contribution in [0.5, 0.6) is 0 Å². The van der Waals surface area contributed by atoms with Crippen LogP contribution in [0.15, 0.2) is 59.1 Å². The molecule has 3 heterocycles. The SMILES string of the molecule is CC1(F)C[C@H](N)C(=O)N(Cc2ccc(-c3ccc(C(F)(F)F)cn3)cc2)c2cc(-c3nnc(C(C)(C)S(C)(=O)=O)o3)c(F)cc21. The Morgan fingerprint density at radius 2 is 1.76 bits per heavy atom. The highest BCUT2D eigenvalue weighted by Crippen LogP contribution is 2.44. The first-order valence-electron chi connectivity index (χ1n) is 13.6. The van der Waals surface area contributed by atoms with Gasteiger partial charge in [0.15, 0.2) is 9.84 Å². The number of fused-ring (bicyclic) bond motifs is 1. The summed E-state index contributed by atoms with van der Waals surface area (Å²) >= 11 is 0. The predicted molar refractivity (Wildman–Crippen MR) is 154 cm³/mol. The van der Waals surface area contributed by atoms with Crippen molar-refractivity contribution in [1.82, 2.24) is 15.2 Å². The zero-order chi connectivity index (χ0) is 33.1. The van der Waals surface area contributed by atoms with Crippen molar-refractivity contribution in [3.8, 4) is 22.7 Å². The number of hydrogen-bond donors (Lipinski definition) is 1. The number of pyridine rings is 1. The van der Waals surface area contributed by atoms with Gasteiger partial charge in [0.2, 0.25) is 11.8 Å². The molecule has 2 N–H and O–H groups in total. The van der Waals surface area contributed by atoms with Crippen LogP contribution in [0.1, 0.15) is 49.8 Å². The normalized spacial score (nSPS) is 19.4. The number of benzene rings is 2. The molecule has 2 aromatic heterocycles.